The maximum absolute atomic E-state index is 12.3. The molecule has 3 amide bonds. The molecule has 0 heterocycles. The molecule has 0 radical (unpaired) electrons. The van der Waals surface area contributed by atoms with Crippen molar-refractivity contribution in [2.45, 2.75) is 57.7 Å². The molecule has 0 unspecified atom stereocenters. The van der Waals surface area contributed by atoms with Crippen LogP contribution in [-0.2, 0) is 24.0 Å². The first-order valence-corrected chi connectivity index (χ1v) is 8.08. The van der Waals surface area contributed by atoms with Crippen molar-refractivity contribution in [1.29, 1.82) is 0 Å². The van der Waals surface area contributed by atoms with Crippen LogP contribution in [0.3, 0.4) is 0 Å². The van der Waals surface area contributed by atoms with Gasteiger partial charge in [0, 0.05) is 6.42 Å². The van der Waals surface area contributed by atoms with Gasteiger partial charge in [-0.05, 0) is 12.3 Å². The van der Waals surface area contributed by atoms with Gasteiger partial charge in [0.2, 0.25) is 17.7 Å². The fourth-order valence-electron chi connectivity index (χ4n) is 2.04. The number of carboxylic acids is 2. The molecular weight excluding hydrogens is 348 g/mol. The van der Waals surface area contributed by atoms with E-state index in [2.05, 4.69) is 10.6 Å². The Morgan fingerprint density at radius 3 is 2.04 bits per heavy atom. The Morgan fingerprint density at radius 2 is 1.62 bits per heavy atom. The summed E-state index contributed by atoms with van der Waals surface area (Å²) in [5.41, 5.74) is 10.6. The van der Waals surface area contributed by atoms with Crippen LogP contribution in [0.1, 0.15) is 39.5 Å². The van der Waals surface area contributed by atoms with E-state index in [0.717, 1.165) is 0 Å². The normalized spacial score (nSPS) is 15.2. The van der Waals surface area contributed by atoms with Crippen LogP contribution in [0.25, 0.3) is 0 Å². The van der Waals surface area contributed by atoms with E-state index >= 15 is 0 Å². The van der Waals surface area contributed by atoms with Gasteiger partial charge in [-0.25, -0.2) is 4.79 Å². The Bertz CT molecular complexity index is 552. The molecule has 148 valence electrons. The van der Waals surface area contributed by atoms with Gasteiger partial charge in [0.25, 0.3) is 0 Å². The number of primary amides is 1. The van der Waals surface area contributed by atoms with Crippen molar-refractivity contribution in [3.8, 4) is 0 Å². The predicted octanol–water partition coefficient (Wildman–Crippen LogP) is -1.85. The molecule has 11 nitrogen and oxygen atoms in total. The summed E-state index contributed by atoms with van der Waals surface area (Å²) in [6.07, 6.45) is -0.604. The maximum atomic E-state index is 12.3. The number of aliphatic carboxylic acids is 2. The molecule has 26 heavy (non-hydrogen) atoms. The summed E-state index contributed by atoms with van der Waals surface area (Å²) in [6.45, 7) is 3.37. The molecule has 0 aliphatic carbocycles. The van der Waals surface area contributed by atoms with Crippen LogP contribution < -0.4 is 22.1 Å². The highest BCUT2D eigenvalue weighted by Crippen LogP contribution is 2.09. The zero-order chi connectivity index (χ0) is 20.4. The van der Waals surface area contributed by atoms with Gasteiger partial charge in [-0.15, -0.1) is 0 Å². The van der Waals surface area contributed by atoms with Crippen LogP contribution in [0.2, 0.25) is 0 Å². The summed E-state index contributed by atoms with van der Waals surface area (Å²) in [4.78, 5) is 57.2. The Kier molecular flexibility index (Phi) is 9.89. The molecule has 0 saturated carbocycles. The number of nitrogens with two attached hydrogens (primary N) is 2. The molecule has 0 bridgehead atoms. The van der Waals surface area contributed by atoms with Crippen LogP contribution >= 0.6 is 0 Å². The lowest BCUT2D eigenvalue weighted by Crippen LogP contribution is -2.56. The van der Waals surface area contributed by atoms with Crippen LogP contribution in [0.5, 0.6) is 0 Å². The smallest absolute Gasteiger partial charge is 0.326 e. The zero-order valence-electron chi connectivity index (χ0n) is 14.7. The molecule has 0 spiro atoms. The summed E-state index contributed by atoms with van der Waals surface area (Å²) in [7, 11) is 0. The van der Waals surface area contributed by atoms with E-state index in [1.165, 1.54) is 0 Å². The van der Waals surface area contributed by atoms with E-state index < -0.39 is 54.2 Å². The first-order valence-electron chi connectivity index (χ1n) is 8.08. The SMILES string of the molecule is CC[C@H](C)[C@H](NC(=O)[C@H](CC(N)=O)NC(=O)[C@@H](N)CCC(=O)O)C(=O)O. The third-order valence-electron chi connectivity index (χ3n) is 3.82. The molecule has 0 rings (SSSR count). The summed E-state index contributed by atoms with van der Waals surface area (Å²) < 4.78 is 0. The van der Waals surface area contributed by atoms with Gasteiger partial charge in [-0.2, -0.15) is 0 Å². The first-order chi connectivity index (χ1) is 12.0. The molecule has 0 aromatic rings. The van der Waals surface area contributed by atoms with E-state index in [9.17, 15) is 29.1 Å². The van der Waals surface area contributed by atoms with Crippen LogP contribution in [0, 0.1) is 5.92 Å². The second-order valence-electron chi connectivity index (χ2n) is 5.98. The average molecular weight is 374 g/mol. The lowest BCUT2D eigenvalue weighted by atomic mass is 9.98. The van der Waals surface area contributed by atoms with Gasteiger partial charge in [0.1, 0.15) is 12.1 Å². The van der Waals surface area contributed by atoms with Crippen molar-refractivity contribution in [3.63, 3.8) is 0 Å². The second-order valence-corrected chi connectivity index (χ2v) is 5.98. The van der Waals surface area contributed by atoms with Gasteiger partial charge in [0.15, 0.2) is 0 Å². The summed E-state index contributed by atoms with van der Waals surface area (Å²) in [5, 5.41) is 22.3. The third-order valence-corrected chi connectivity index (χ3v) is 3.82. The van der Waals surface area contributed by atoms with E-state index in [-0.39, 0.29) is 18.8 Å². The minimum atomic E-state index is -1.42. The van der Waals surface area contributed by atoms with Crippen molar-refractivity contribution in [3.05, 3.63) is 0 Å². The van der Waals surface area contributed by atoms with E-state index in [0.29, 0.717) is 6.42 Å². The van der Waals surface area contributed by atoms with Crippen molar-refractivity contribution >= 4 is 29.7 Å². The van der Waals surface area contributed by atoms with E-state index in [4.69, 9.17) is 16.6 Å². The lowest BCUT2D eigenvalue weighted by Gasteiger charge is -2.24. The number of hydrogen-bond donors (Lipinski definition) is 6. The molecule has 0 aliphatic rings. The summed E-state index contributed by atoms with van der Waals surface area (Å²) >= 11 is 0. The lowest BCUT2D eigenvalue weighted by molar-refractivity contribution is -0.143. The number of carbonyl (C=O) groups excluding carboxylic acids is 3. The molecule has 0 aromatic carbocycles. The highest BCUT2D eigenvalue weighted by Gasteiger charge is 2.31. The molecular formula is C15H26N4O7. The molecule has 0 saturated heterocycles. The number of hydrogen-bond acceptors (Lipinski definition) is 6. The van der Waals surface area contributed by atoms with Gasteiger partial charge in [-0.3, -0.25) is 19.2 Å². The minimum Gasteiger partial charge on any atom is -0.481 e. The molecule has 8 N–H and O–H groups in total. The fourth-order valence-corrected chi connectivity index (χ4v) is 2.04. The maximum Gasteiger partial charge on any atom is 0.326 e. The average Bonchev–Trinajstić information content (AvgIpc) is 2.54. The number of amides is 3. The predicted molar refractivity (Wildman–Crippen MR) is 89.6 cm³/mol. The third kappa shape index (κ3) is 8.42. The van der Waals surface area contributed by atoms with Crippen LogP contribution in [0.15, 0.2) is 0 Å². The highest BCUT2D eigenvalue weighted by atomic mass is 16.4. The Hall–Kier alpha value is -2.69. The van der Waals surface area contributed by atoms with Crippen molar-refractivity contribution < 1.29 is 34.2 Å². The van der Waals surface area contributed by atoms with E-state index in [1.54, 1.807) is 13.8 Å². The van der Waals surface area contributed by atoms with Gasteiger partial charge >= 0.3 is 11.9 Å². The zero-order valence-corrected chi connectivity index (χ0v) is 14.7. The van der Waals surface area contributed by atoms with Gasteiger partial charge in [-0.1, -0.05) is 20.3 Å². The van der Waals surface area contributed by atoms with Gasteiger partial charge in [0.05, 0.1) is 12.5 Å². The van der Waals surface area contributed by atoms with Crippen molar-refractivity contribution in [2.75, 3.05) is 0 Å². The van der Waals surface area contributed by atoms with E-state index in [1.807, 2.05) is 0 Å². The van der Waals surface area contributed by atoms with Crippen LogP contribution in [0.4, 0.5) is 0 Å². The Morgan fingerprint density at radius 1 is 1.04 bits per heavy atom. The summed E-state index contributed by atoms with van der Waals surface area (Å²) in [5.74, 6) is -5.41. The van der Waals surface area contributed by atoms with Crippen LogP contribution in [-0.4, -0.2) is 58.0 Å². The standard InChI is InChI=1S/C15H26N4O7/c1-3-7(2)12(15(25)26)19-14(24)9(6-10(17)20)18-13(23)8(16)4-5-11(21)22/h7-9,12H,3-6,16H2,1-2H3,(H2,17,20)(H,18,23)(H,19,24)(H,21,22)(H,25,26)/t7-,8-,9-,12-/m0/s1. The second kappa shape index (κ2) is 11.0. The number of carbonyl (C=O) groups is 5. The fraction of sp³-hybridized carbons (Fsp3) is 0.667. The molecule has 11 heteroatoms. The first kappa shape index (κ1) is 23.3. The highest BCUT2D eigenvalue weighted by molar-refractivity contribution is 5.94. The largest absolute Gasteiger partial charge is 0.481 e. The quantitative estimate of drug-likeness (QED) is 0.228. The topological polar surface area (TPSA) is 202 Å². The summed E-state index contributed by atoms with van der Waals surface area (Å²) in [6, 6.07) is -3.83. The molecule has 0 aromatic heterocycles. The molecule has 0 aliphatic heterocycles. The number of carboxylic acid groups (broad SMARTS) is 2. The number of nitrogens with one attached hydrogen (secondary N) is 2. The monoisotopic (exact) mass is 374 g/mol. The Labute approximate surface area is 150 Å². The number of rotatable bonds is 12. The van der Waals surface area contributed by atoms with Crippen molar-refractivity contribution in [2.24, 2.45) is 17.4 Å². The molecule has 4 atom stereocenters. The minimum absolute atomic E-state index is 0.170. The van der Waals surface area contributed by atoms with Crippen molar-refractivity contribution in [1.82, 2.24) is 10.6 Å². The molecule has 0 fully saturated rings. The van der Waals surface area contributed by atoms with Gasteiger partial charge < -0.3 is 32.3 Å². The Balaban J connectivity index is 5.08.